The van der Waals surface area contributed by atoms with Crippen LogP contribution in [0.5, 0.6) is 0 Å². The molecule has 9 nitrogen and oxygen atoms in total. The molecule has 1 aromatic carbocycles. The van der Waals surface area contributed by atoms with Gasteiger partial charge in [0.2, 0.25) is 0 Å². The largest absolute Gasteiger partial charge is 0.459 e. The zero-order valence-electron chi connectivity index (χ0n) is 15.0. The number of carbonyl (C=O) groups is 2. The Morgan fingerprint density at radius 2 is 2.04 bits per heavy atom. The molecule has 0 aliphatic heterocycles. The average molecular weight is 360 g/mol. The topological polar surface area (TPSA) is 116 Å². The molecule has 2 rings (SSSR count). The number of hydrogen-bond acceptors (Lipinski definition) is 7. The zero-order chi connectivity index (χ0) is 19.5. The maximum absolute atomic E-state index is 11.9. The van der Waals surface area contributed by atoms with Crippen LogP contribution in [0.4, 0.5) is 11.4 Å². The van der Waals surface area contributed by atoms with E-state index in [9.17, 15) is 19.7 Å². The summed E-state index contributed by atoms with van der Waals surface area (Å²) >= 11 is 0. The highest BCUT2D eigenvalue weighted by atomic mass is 16.6. The van der Waals surface area contributed by atoms with Crippen LogP contribution in [-0.2, 0) is 9.53 Å². The van der Waals surface area contributed by atoms with Crippen molar-refractivity contribution < 1.29 is 19.2 Å². The second-order valence-corrected chi connectivity index (χ2v) is 6.61. The number of anilines is 1. The van der Waals surface area contributed by atoms with Gasteiger partial charge in [-0.2, -0.15) is 0 Å². The normalized spacial score (nSPS) is 11.1. The molecule has 0 amide bonds. The van der Waals surface area contributed by atoms with E-state index in [4.69, 9.17) is 4.74 Å². The van der Waals surface area contributed by atoms with Crippen LogP contribution in [0, 0.1) is 10.1 Å². The first-order chi connectivity index (χ1) is 12.1. The minimum Gasteiger partial charge on any atom is -0.459 e. The number of hydrogen-bond donors (Lipinski definition) is 1. The Bertz CT molecular complexity index is 838. The highest BCUT2D eigenvalue weighted by molar-refractivity contribution is 5.99. The summed E-state index contributed by atoms with van der Waals surface area (Å²) in [6.45, 7) is 6.26. The van der Waals surface area contributed by atoms with Crippen LogP contribution in [-0.4, -0.2) is 38.4 Å². The summed E-state index contributed by atoms with van der Waals surface area (Å²) in [5, 5.41) is 14.1. The van der Waals surface area contributed by atoms with E-state index in [2.05, 4.69) is 10.3 Å². The molecule has 2 aromatic rings. The summed E-state index contributed by atoms with van der Waals surface area (Å²) in [6, 6.07) is 2.63. The van der Waals surface area contributed by atoms with Crippen molar-refractivity contribution in [3.05, 3.63) is 46.5 Å². The lowest BCUT2D eigenvalue weighted by molar-refractivity contribution is -0.384. The quantitative estimate of drug-likeness (QED) is 0.364. The Morgan fingerprint density at radius 1 is 1.35 bits per heavy atom. The average Bonchev–Trinajstić information content (AvgIpc) is 3.04. The minimum absolute atomic E-state index is 0.106. The Hall–Kier alpha value is -3.23. The number of Topliss-reactive ketones (excluding diaryl/α,β-unsaturated/α-hetero) is 1. The number of carbonyl (C=O) groups excluding carboxylic acids is 2. The fourth-order valence-corrected chi connectivity index (χ4v) is 2.31. The van der Waals surface area contributed by atoms with Crippen LogP contribution < -0.4 is 5.32 Å². The first kappa shape index (κ1) is 19.1. The van der Waals surface area contributed by atoms with Gasteiger partial charge in [0.15, 0.2) is 5.78 Å². The molecular weight excluding hydrogens is 340 g/mol. The lowest BCUT2D eigenvalue weighted by atomic mass is 10.1. The van der Waals surface area contributed by atoms with Gasteiger partial charge in [0.25, 0.3) is 5.69 Å². The molecule has 0 aliphatic carbocycles. The number of benzene rings is 1. The van der Waals surface area contributed by atoms with E-state index < -0.39 is 16.5 Å². The molecule has 26 heavy (non-hydrogen) atoms. The number of imidazole rings is 1. The Kier molecular flexibility index (Phi) is 5.39. The molecule has 1 heterocycles. The molecule has 0 bridgehead atoms. The Morgan fingerprint density at radius 3 is 2.54 bits per heavy atom. The van der Waals surface area contributed by atoms with Crippen molar-refractivity contribution in [3.8, 4) is 5.69 Å². The van der Waals surface area contributed by atoms with Gasteiger partial charge in [-0.15, -0.1) is 0 Å². The maximum atomic E-state index is 11.9. The number of nitro benzene ring substituents is 1. The van der Waals surface area contributed by atoms with Gasteiger partial charge in [0.1, 0.15) is 17.8 Å². The molecule has 0 saturated carbocycles. The van der Waals surface area contributed by atoms with Crippen molar-refractivity contribution in [3.63, 3.8) is 0 Å². The molecule has 0 saturated heterocycles. The van der Waals surface area contributed by atoms with Gasteiger partial charge in [-0.1, -0.05) is 0 Å². The van der Waals surface area contributed by atoms with Gasteiger partial charge >= 0.3 is 5.97 Å². The van der Waals surface area contributed by atoms with E-state index in [1.54, 1.807) is 31.5 Å². The van der Waals surface area contributed by atoms with Gasteiger partial charge in [-0.25, -0.2) is 4.98 Å². The van der Waals surface area contributed by atoms with E-state index in [1.165, 1.54) is 31.6 Å². The molecule has 138 valence electrons. The predicted molar refractivity (Wildman–Crippen MR) is 94.6 cm³/mol. The van der Waals surface area contributed by atoms with E-state index in [0.29, 0.717) is 5.69 Å². The highest BCUT2D eigenvalue weighted by Gasteiger charge is 2.22. The number of nitrogens with one attached hydrogen (secondary N) is 1. The Balaban J connectivity index is 2.41. The lowest BCUT2D eigenvalue weighted by Gasteiger charge is -2.20. The molecule has 0 aliphatic rings. The molecule has 0 spiro atoms. The van der Waals surface area contributed by atoms with Crippen LogP contribution in [0.3, 0.4) is 0 Å². The maximum Gasteiger partial charge on any atom is 0.325 e. The van der Waals surface area contributed by atoms with Crippen LogP contribution in [0.25, 0.3) is 5.69 Å². The van der Waals surface area contributed by atoms with Gasteiger partial charge in [0, 0.05) is 24.0 Å². The van der Waals surface area contributed by atoms with Gasteiger partial charge in [-0.3, -0.25) is 19.7 Å². The second kappa shape index (κ2) is 7.34. The van der Waals surface area contributed by atoms with Crippen molar-refractivity contribution >= 4 is 23.1 Å². The summed E-state index contributed by atoms with van der Waals surface area (Å²) in [4.78, 5) is 38.5. The monoisotopic (exact) mass is 360 g/mol. The standard InChI is InChI=1S/C17H20N4O5/c1-11(22)12-7-15(21(24)25)13(8-14(12)20-6-5-18-10-20)19-9-16(23)26-17(2,3)4/h5-8,10,19H,9H2,1-4H3. The minimum atomic E-state index is -0.662. The van der Waals surface area contributed by atoms with Crippen molar-refractivity contribution in [2.24, 2.45) is 0 Å². The Labute approximate surface area is 150 Å². The summed E-state index contributed by atoms with van der Waals surface area (Å²) in [5.41, 5.74) is -0.257. The van der Waals surface area contributed by atoms with Crippen molar-refractivity contribution in [2.45, 2.75) is 33.3 Å². The lowest BCUT2D eigenvalue weighted by Crippen LogP contribution is -2.28. The van der Waals surface area contributed by atoms with E-state index >= 15 is 0 Å². The fraction of sp³-hybridized carbons (Fsp3) is 0.353. The fourth-order valence-electron chi connectivity index (χ4n) is 2.31. The molecule has 1 N–H and O–H groups in total. The SMILES string of the molecule is CC(=O)c1cc([N+](=O)[O-])c(NCC(=O)OC(C)(C)C)cc1-n1ccnc1. The molecule has 0 atom stereocenters. The van der Waals surface area contributed by atoms with Gasteiger partial charge in [0.05, 0.1) is 16.9 Å². The van der Waals surface area contributed by atoms with Crippen molar-refractivity contribution in [1.29, 1.82) is 0 Å². The number of ether oxygens (including phenoxy) is 1. The number of rotatable bonds is 6. The number of aromatic nitrogens is 2. The summed E-state index contributed by atoms with van der Waals surface area (Å²) in [7, 11) is 0. The summed E-state index contributed by atoms with van der Waals surface area (Å²) < 4.78 is 6.75. The third-order valence-corrected chi connectivity index (χ3v) is 3.32. The molecule has 0 radical (unpaired) electrons. The van der Waals surface area contributed by atoms with E-state index in [0.717, 1.165) is 0 Å². The predicted octanol–water partition coefficient (Wildman–Crippen LogP) is 2.74. The van der Waals surface area contributed by atoms with E-state index in [1.807, 2.05) is 0 Å². The second-order valence-electron chi connectivity index (χ2n) is 6.61. The molecule has 9 heteroatoms. The van der Waals surface area contributed by atoms with Crippen molar-refractivity contribution in [2.75, 3.05) is 11.9 Å². The number of esters is 1. The number of ketones is 1. The van der Waals surface area contributed by atoms with Gasteiger partial charge in [-0.05, 0) is 33.8 Å². The third-order valence-electron chi connectivity index (χ3n) is 3.32. The first-order valence-corrected chi connectivity index (χ1v) is 7.86. The van der Waals surface area contributed by atoms with E-state index in [-0.39, 0.29) is 29.3 Å². The first-order valence-electron chi connectivity index (χ1n) is 7.86. The van der Waals surface area contributed by atoms with Crippen LogP contribution in [0.2, 0.25) is 0 Å². The molecule has 0 unspecified atom stereocenters. The van der Waals surface area contributed by atoms with Crippen molar-refractivity contribution in [1.82, 2.24) is 9.55 Å². The summed E-state index contributed by atoms with van der Waals surface area (Å²) in [5.74, 6) is -0.873. The molecular formula is C17H20N4O5. The van der Waals surface area contributed by atoms with Crippen LogP contribution in [0.1, 0.15) is 38.1 Å². The molecule has 1 aromatic heterocycles. The number of nitro groups is 1. The molecule has 0 fully saturated rings. The van der Waals surface area contributed by atoms with Gasteiger partial charge < -0.3 is 14.6 Å². The van der Waals surface area contributed by atoms with Crippen LogP contribution >= 0.6 is 0 Å². The highest BCUT2D eigenvalue weighted by Crippen LogP contribution is 2.31. The smallest absolute Gasteiger partial charge is 0.325 e. The summed E-state index contributed by atoms with van der Waals surface area (Å²) in [6.07, 6.45) is 4.62. The number of nitrogens with zero attached hydrogens (tertiary/aromatic N) is 3. The zero-order valence-corrected chi connectivity index (χ0v) is 15.0. The van der Waals surface area contributed by atoms with Crippen LogP contribution in [0.15, 0.2) is 30.9 Å². The third kappa shape index (κ3) is 4.65.